The van der Waals surface area contributed by atoms with Crippen molar-refractivity contribution in [2.75, 3.05) is 32.1 Å². The van der Waals surface area contributed by atoms with Gasteiger partial charge >= 0.3 is 6.18 Å². The van der Waals surface area contributed by atoms with Gasteiger partial charge in [0.15, 0.2) is 0 Å². The van der Waals surface area contributed by atoms with Crippen LogP contribution >= 0.6 is 11.6 Å². The number of nitrogens with one attached hydrogen (secondary N) is 1. The lowest BCUT2D eigenvalue weighted by Crippen LogP contribution is -2.43. The Morgan fingerprint density at radius 1 is 1.41 bits per heavy atom. The molecule has 190 valence electrons. The van der Waals surface area contributed by atoms with E-state index >= 15 is 0 Å². The van der Waals surface area contributed by atoms with E-state index in [1.807, 2.05) is 6.92 Å². The summed E-state index contributed by atoms with van der Waals surface area (Å²) in [6.45, 7) is 7.63. The third-order valence-corrected chi connectivity index (χ3v) is 8.34. The fraction of sp³-hybridized carbons (Fsp3) is 0.680. The molecular weight excluding hydrogens is 467 g/mol. The fourth-order valence-electron chi connectivity index (χ4n) is 5.32. The average Bonchev–Trinajstić information content (AvgIpc) is 3.27. The summed E-state index contributed by atoms with van der Waals surface area (Å²) in [6, 6.07) is 2.32. The van der Waals surface area contributed by atoms with Crippen LogP contribution < -0.4 is 5.32 Å². The summed E-state index contributed by atoms with van der Waals surface area (Å²) in [5, 5.41) is 13.3. The number of aliphatic hydroxyl groups is 1. The van der Waals surface area contributed by atoms with E-state index in [0.717, 1.165) is 49.0 Å². The molecule has 1 aromatic rings. The van der Waals surface area contributed by atoms with Crippen LogP contribution in [0.5, 0.6) is 0 Å². The van der Waals surface area contributed by atoms with Gasteiger partial charge in [-0.2, -0.15) is 13.2 Å². The van der Waals surface area contributed by atoms with Crippen molar-refractivity contribution in [3.8, 4) is 0 Å². The second-order valence-electron chi connectivity index (χ2n) is 10.4. The Kier molecular flexibility index (Phi) is 8.36. The third kappa shape index (κ3) is 5.60. The number of nitrogens with zero attached hydrogens (tertiary/aromatic N) is 2. The minimum Gasteiger partial charge on any atom is -0.396 e. The molecule has 2 heterocycles. The highest BCUT2D eigenvalue weighted by molar-refractivity contribution is 6.18. The summed E-state index contributed by atoms with van der Waals surface area (Å²) in [7, 11) is 0. The number of amides is 1. The number of carbonyl (C=O) groups excluding carboxylic acids is 1. The first-order valence-electron chi connectivity index (χ1n) is 11.8. The number of aromatic nitrogens is 1. The molecule has 1 fully saturated rings. The van der Waals surface area contributed by atoms with Gasteiger partial charge in [-0.25, -0.2) is 0 Å². The Balaban J connectivity index is 1.99. The lowest BCUT2D eigenvalue weighted by atomic mass is 9.66. The van der Waals surface area contributed by atoms with Gasteiger partial charge in [0.1, 0.15) is 0 Å². The molecule has 0 radical (unpaired) electrons. The number of hydrogen-bond acceptors (Lipinski definition) is 4. The maximum absolute atomic E-state index is 13.4. The molecule has 1 aromatic heterocycles. The monoisotopic (exact) mass is 501 g/mol. The van der Waals surface area contributed by atoms with Crippen molar-refractivity contribution in [2.24, 2.45) is 16.7 Å². The van der Waals surface area contributed by atoms with Gasteiger partial charge in [0.2, 0.25) is 6.41 Å². The molecule has 1 aliphatic heterocycles. The van der Waals surface area contributed by atoms with E-state index in [0.29, 0.717) is 37.6 Å². The van der Waals surface area contributed by atoms with E-state index in [1.165, 1.54) is 6.20 Å². The third-order valence-electron chi connectivity index (χ3n) is 7.70. The quantitative estimate of drug-likeness (QED) is 0.379. The summed E-state index contributed by atoms with van der Waals surface area (Å²) in [5.41, 5.74) is 0.814. The molecule has 1 aliphatic carbocycles. The maximum Gasteiger partial charge on any atom is 0.416 e. The molecule has 34 heavy (non-hydrogen) atoms. The molecule has 1 saturated carbocycles. The zero-order valence-corrected chi connectivity index (χ0v) is 20.8. The number of aliphatic hydroxyl groups excluding tert-OH is 1. The molecule has 1 amide bonds. The molecule has 1 unspecified atom stereocenters. The molecular formula is C25H35ClF3N3O2. The van der Waals surface area contributed by atoms with Crippen molar-refractivity contribution in [3.63, 3.8) is 0 Å². The highest BCUT2D eigenvalue weighted by atomic mass is 35.5. The summed E-state index contributed by atoms with van der Waals surface area (Å²) in [5.74, 6) is 0.558. The first-order valence-corrected chi connectivity index (χ1v) is 12.4. The zero-order valence-electron chi connectivity index (χ0n) is 20.1. The summed E-state index contributed by atoms with van der Waals surface area (Å²) >= 11 is 6.05. The largest absolute Gasteiger partial charge is 0.416 e. The molecule has 9 heteroatoms. The standard InChI is InChI=1S/C25H35ClF3N3O2/c1-17(2)24(7-4-19(11-24)31-14-23(3,13-26)15-33)21-12-32(16-34)9-6-20(21)22-10-18(5-8-30-22)25(27,28)29/h5,8,10,16-17,19,31,33H,4,6-7,9,11-15H2,1-3H3/t19-,23?,24+/m1/s1. The lowest BCUT2D eigenvalue weighted by Gasteiger charge is -2.42. The first-order chi connectivity index (χ1) is 16.0. The fourth-order valence-corrected chi connectivity index (χ4v) is 5.50. The van der Waals surface area contributed by atoms with E-state index in [2.05, 4.69) is 24.1 Å². The number of carbonyl (C=O) groups is 1. The van der Waals surface area contributed by atoms with E-state index in [-0.39, 0.29) is 24.0 Å². The number of alkyl halides is 4. The van der Waals surface area contributed by atoms with E-state index < -0.39 is 17.2 Å². The van der Waals surface area contributed by atoms with Gasteiger partial charge in [-0.3, -0.25) is 9.78 Å². The maximum atomic E-state index is 13.4. The predicted octanol–water partition coefficient (Wildman–Crippen LogP) is 4.74. The van der Waals surface area contributed by atoms with Crippen molar-refractivity contribution in [2.45, 2.75) is 58.7 Å². The van der Waals surface area contributed by atoms with E-state index in [4.69, 9.17) is 11.6 Å². The Labute approximate surface area is 204 Å². The van der Waals surface area contributed by atoms with Crippen LogP contribution in [0.2, 0.25) is 0 Å². The zero-order chi connectivity index (χ0) is 25.1. The Morgan fingerprint density at radius 2 is 2.15 bits per heavy atom. The van der Waals surface area contributed by atoms with Crippen molar-refractivity contribution in [1.82, 2.24) is 15.2 Å². The SMILES string of the molecule is CC(C)[C@]1(C2=C(c3cc(C(F)(F)F)ccn3)CCN(C=O)C2)CC[C@@H](NCC(C)(CO)CCl)C1. The van der Waals surface area contributed by atoms with Gasteiger partial charge in [-0.1, -0.05) is 20.8 Å². The van der Waals surface area contributed by atoms with Crippen LogP contribution in [0, 0.1) is 16.7 Å². The van der Waals surface area contributed by atoms with Gasteiger partial charge in [0.25, 0.3) is 0 Å². The lowest BCUT2D eigenvalue weighted by molar-refractivity contribution is -0.137. The van der Waals surface area contributed by atoms with Crippen LogP contribution in [0.4, 0.5) is 13.2 Å². The van der Waals surface area contributed by atoms with Gasteiger partial charge in [0, 0.05) is 43.2 Å². The normalized spacial score (nSPS) is 25.7. The van der Waals surface area contributed by atoms with Crippen LogP contribution in [0.25, 0.3) is 5.57 Å². The Bertz CT molecular complexity index is 902. The van der Waals surface area contributed by atoms with E-state index in [9.17, 15) is 23.1 Å². The molecule has 3 atom stereocenters. The van der Waals surface area contributed by atoms with Crippen molar-refractivity contribution < 1.29 is 23.1 Å². The average molecular weight is 502 g/mol. The minimum absolute atomic E-state index is 0.0175. The second kappa shape index (κ2) is 10.5. The molecule has 0 aromatic carbocycles. The number of hydrogen-bond donors (Lipinski definition) is 2. The van der Waals surface area contributed by atoms with Crippen molar-refractivity contribution >= 4 is 23.6 Å². The van der Waals surface area contributed by atoms with Crippen LogP contribution in [0.3, 0.4) is 0 Å². The molecule has 2 N–H and O–H groups in total. The molecule has 0 spiro atoms. The van der Waals surface area contributed by atoms with Crippen molar-refractivity contribution in [1.29, 1.82) is 0 Å². The topological polar surface area (TPSA) is 65.5 Å². The van der Waals surface area contributed by atoms with Crippen LogP contribution in [-0.4, -0.2) is 59.6 Å². The van der Waals surface area contributed by atoms with Gasteiger partial charge in [-0.05, 0) is 60.3 Å². The smallest absolute Gasteiger partial charge is 0.396 e. The van der Waals surface area contributed by atoms with Crippen molar-refractivity contribution in [3.05, 3.63) is 35.2 Å². The van der Waals surface area contributed by atoms with E-state index in [1.54, 1.807) is 4.90 Å². The summed E-state index contributed by atoms with van der Waals surface area (Å²) < 4.78 is 40.2. The summed E-state index contributed by atoms with van der Waals surface area (Å²) in [6.07, 6.45) is 0.643. The highest BCUT2D eigenvalue weighted by Crippen LogP contribution is 2.53. The second-order valence-corrected chi connectivity index (χ2v) is 10.7. The molecule has 0 saturated heterocycles. The number of pyridine rings is 1. The van der Waals surface area contributed by atoms with Gasteiger partial charge in [-0.15, -0.1) is 11.6 Å². The van der Waals surface area contributed by atoms with Crippen LogP contribution in [0.1, 0.15) is 57.7 Å². The first kappa shape index (κ1) is 27.0. The molecule has 0 bridgehead atoms. The number of rotatable bonds is 9. The van der Waals surface area contributed by atoms with Gasteiger partial charge in [0.05, 0.1) is 17.9 Å². The minimum atomic E-state index is -4.44. The predicted molar refractivity (Wildman–Crippen MR) is 127 cm³/mol. The highest BCUT2D eigenvalue weighted by Gasteiger charge is 2.47. The van der Waals surface area contributed by atoms with Gasteiger partial charge < -0.3 is 15.3 Å². The molecule has 2 aliphatic rings. The Hall–Kier alpha value is -1.64. The summed E-state index contributed by atoms with van der Waals surface area (Å²) in [4.78, 5) is 17.7. The molecule has 3 rings (SSSR count). The molecule has 5 nitrogen and oxygen atoms in total. The number of halogens is 4. The van der Waals surface area contributed by atoms with Crippen LogP contribution in [-0.2, 0) is 11.0 Å². The van der Waals surface area contributed by atoms with Crippen LogP contribution in [0.15, 0.2) is 23.9 Å². The Morgan fingerprint density at radius 3 is 2.74 bits per heavy atom.